The zero-order valence-corrected chi connectivity index (χ0v) is 10.6. The molecule has 2 aromatic rings. The molecule has 0 saturated heterocycles. The molecule has 0 unspecified atom stereocenters. The van der Waals surface area contributed by atoms with Crippen molar-refractivity contribution in [2.75, 3.05) is 0 Å². The zero-order valence-electron chi connectivity index (χ0n) is 9.79. The van der Waals surface area contributed by atoms with E-state index in [-0.39, 0.29) is 0 Å². The highest BCUT2D eigenvalue weighted by Crippen LogP contribution is 2.27. The molecule has 0 N–H and O–H groups in total. The predicted octanol–water partition coefficient (Wildman–Crippen LogP) is 4.11. The summed E-state index contributed by atoms with van der Waals surface area (Å²) < 4.78 is 1.35. The zero-order chi connectivity index (χ0) is 11.0. The lowest BCUT2D eigenvalue weighted by atomic mass is 10.1. The molecule has 0 bridgehead atoms. The van der Waals surface area contributed by atoms with E-state index >= 15 is 0 Å². The molecule has 0 aliphatic heterocycles. The van der Waals surface area contributed by atoms with Gasteiger partial charge in [0.05, 0.1) is 10.2 Å². The molecule has 2 heteroatoms. The summed E-state index contributed by atoms with van der Waals surface area (Å²) >= 11 is 1.81. The lowest BCUT2D eigenvalue weighted by Gasteiger charge is -2.06. The van der Waals surface area contributed by atoms with Gasteiger partial charge in [0.1, 0.15) is 0 Å². The fourth-order valence-corrected chi connectivity index (χ4v) is 2.84. The smallest absolute Gasteiger partial charge is 0.0844 e. The van der Waals surface area contributed by atoms with Crippen LogP contribution in [0, 0.1) is 19.8 Å². The van der Waals surface area contributed by atoms with Gasteiger partial charge in [0.15, 0.2) is 0 Å². The Morgan fingerprint density at radius 1 is 1.27 bits per heavy atom. The molecule has 0 fully saturated rings. The van der Waals surface area contributed by atoms with E-state index in [1.165, 1.54) is 27.0 Å². The van der Waals surface area contributed by atoms with Crippen LogP contribution in [0.3, 0.4) is 0 Å². The van der Waals surface area contributed by atoms with Gasteiger partial charge in [-0.15, -0.1) is 11.3 Å². The number of aromatic nitrogens is 1. The minimum absolute atomic E-state index is 0.674. The average Bonchev–Trinajstić information content (AvgIpc) is 2.47. The number of thiophene rings is 1. The van der Waals surface area contributed by atoms with Crippen LogP contribution in [0.15, 0.2) is 11.4 Å². The van der Waals surface area contributed by atoms with Crippen LogP contribution in [0.4, 0.5) is 0 Å². The van der Waals surface area contributed by atoms with Crippen LogP contribution in [0.5, 0.6) is 0 Å². The SMILES string of the molecule is Cc1csc2c(C)cc(CC(C)C)nc12. The van der Waals surface area contributed by atoms with Gasteiger partial charge < -0.3 is 0 Å². The molecule has 0 amide bonds. The molecule has 0 spiro atoms. The number of nitrogens with zero attached hydrogens (tertiary/aromatic N) is 1. The summed E-state index contributed by atoms with van der Waals surface area (Å²) in [5.41, 5.74) is 5.12. The second-order valence-electron chi connectivity index (χ2n) is 4.62. The van der Waals surface area contributed by atoms with Gasteiger partial charge in [0.2, 0.25) is 0 Å². The summed E-state index contributed by atoms with van der Waals surface area (Å²) in [7, 11) is 0. The van der Waals surface area contributed by atoms with Gasteiger partial charge in [-0.25, -0.2) is 0 Å². The van der Waals surface area contributed by atoms with E-state index in [1.54, 1.807) is 11.3 Å². The van der Waals surface area contributed by atoms with E-state index in [1.807, 2.05) is 0 Å². The van der Waals surface area contributed by atoms with Crippen molar-refractivity contribution in [3.8, 4) is 0 Å². The van der Waals surface area contributed by atoms with Crippen LogP contribution in [-0.2, 0) is 6.42 Å². The normalized spacial score (nSPS) is 11.5. The Labute approximate surface area is 95.2 Å². The first kappa shape index (κ1) is 10.6. The Morgan fingerprint density at radius 2 is 2.00 bits per heavy atom. The van der Waals surface area contributed by atoms with Crippen LogP contribution in [0.1, 0.15) is 30.7 Å². The maximum absolute atomic E-state index is 4.75. The van der Waals surface area contributed by atoms with Crippen molar-refractivity contribution < 1.29 is 0 Å². The topological polar surface area (TPSA) is 12.9 Å². The lowest BCUT2D eigenvalue weighted by Crippen LogP contribution is -1.98. The largest absolute Gasteiger partial charge is 0.252 e. The van der Waals surface area contributed by atoms with Gasteiger partial charge in [-0.2, -0.15) is 0 Å². The molecule has 0 aliphatic rings. The highest BCUT2D eigenvalue weighted by Gasteiger charge is 2.08. The second-order valence-corrected chi connectivity index (χ2v) is 5.50. The Balaban J connectivity index is 2.55. The van der Waals surface area contributed by atoms with Crippen molar-refractivity contribution in [2.45, 2.75) is 34.1 Å². The first-order chi connectivity index (χ1) is 7.08. The quantitative estimate of drug-likeness (QED) is 0.740. The van der Waals surface area contributed by atoms with Gasteiger partial charge in [0, 0.05) is 5.69 Å². The minimum Gasteiger partial charge on any atom is -0.252 e. The number of rotatable bonds is 2. The molecular weight excluding hydrogens is 202 g/mol. The summed E-state index contributed by atoms with van der Waals surface area (Å²) in [4.78, 5) is 4.75. The number of pyridine rings is 1. The van der Waals surface area contributed by atoms with Crippen molar-refractivity contribution in [3.05, 3.63) is 28.3 Å². The van der Waals surface area contributed by atoms with E-state index in [9.17, 15) is 0 Å². The molecule has 0 radical (unpaired) electrons. The Kier molecular flexibility index (Phi) is 2.79. The first-order valence-corrected chi connectivity index (χ1v) is 6.30. The molecule has 1 nitrogen and oxygen atoms in total. The van der Waals surface area contributed by atoms with E-state index in [2.05, 4.69) is 39.1 Å². The molecule has 2 aromatic heterocycles. The Bertz CT molecular complexity index is 482. The van der Waals surface area contributed by atoms with E-state index in [0.29, 0.717) is 5.92 Å². The van der Waals surface area contributed by atoms with Crippen molar-refractivity contribution in [3.63, 3.8) is 0 Å². The van der Waals surface area contributed by atoms with E-state index in [4.69, 9.17) is 4.98 Å². The minimum atomic E-state index is 0.674. The summed E-state index contributed by atoms with van der Waals surface area (Å²) in [5.74, 6) is 0.674. The van der Waals surface area contributed by atoms with Gasteiger partial charge in [-0.05, 0) is 48.8 Å². The van der Waals surface area contributed by atoms with Crippen molar-refractivity contribution in [1.29, 1.82) is 0 Å². The van der Waals surface area contributed by atoms with Crippen LogP contribution in [-0.4, -0.2) is 4.98 Å². The van der Waals surface area contributed by atoms with Crippen LogP contribution in [0.25, 0.3) is 10.2 Å². The van der Waals surface area contributed by atoms with E-state index < -0.39 is 0 Å². The second kappa shape index (κ2) is 3.93. The van der Waals surface area contributed by atoms with Crippen molar-refractivity contribution in [2.24, 2.45) is 5.92 Å². The maximum Gasteiger partial charge on any atom is 0.0844 e. The summed E-state index contributed by atoms with van der Waals surface area (Å²) in [6.45, 7) is 8.80. The fourth-order valence-electron chi connectivity index (χ4n) is 1.87. The molecule has 0 atom stereocenters. The standard InChI is InChI=1S/C13H17NS/c1-8(2)5-11-6-9(3)13-12(14-11)10(4)7-15-13/h6-8H,5H2,1-4H3. The summed E-state index contributed by atoms with van der Waals surface area (Å²) in [6.07, 6.45) is 1.08. The molecular formula is C13H17NS. The number of hydrogen-bond donors (Lipinski definition) is 0. The number of fused-ring (bicyclic) bond motifs is 1. The monoisotopic (exact) mass is 219 g/mol. The van der Waals surface area contributed by atoms with Crippen LogP contribution < -0.4 is 0 Å². The van der Waals surface area contributed by atoms with Crippen molar-refractivity contribution >= 4 is 21.6 Å². The molecule has 15 heavy (non-hydrogen) atoms. The molecule has 0 saturated carbocycles. The Morgan fingerprint density at radius 3 is 2.67 bits per heavy atom. The molecule has 2 heterocycles. The summed E-state index contributed by atoms with van der Waals surface area (Å²) in [6, 6.07) is 2.23. The Hall–Kier alpha value is -0.890. The number of hydrogen-bond acceptors (Lipinski definition) is 2. The van der Waals surface area contributed by atoms with Gasteiger partial charge in [0.25, 0.3) is 0 Å². The summed E-state index contributed by atoms with van der Waals surface area (Å²) in [5, 5.41) is 2.20. The number of aryl methyl sites for hydroxylation is 2. The fraction of sp³-hybridized carbons (Fsp3) is 0.462. The van der Waals surface area contributed by atoms with E-state index in [0.717, 1.165) is 6.42 Å². The molecule has 0 aliphatic carbocycles. The predicted molar refractivity (Wildman–Crippen MR) is 67.6 cm³/mol. The first-order valence-electron chi connectivity index (χ1n) is 5.42. The third-order valence-corrected chi connectivity index (χ3v) is 3.78. The van der Waals surface area contributed by atoms with Gasteiger partial charge in [-0.1, -0.05) is 13.8 Å². The third-order valence-electron chi connectivity index (χ3n) is 2.56. The van der Waals surface area contributed by atoms with Crippen LogP contribution in [0.2, 0.25) is 0 Å². The third kappa shape index (κ3) is 2.05. The molecule has 0 aromatic carbocycles. The average molecular weight is 219 g/mol. The van der Waals surface area contributed by atoms with Gasteiger partial charge in [-0.3, -0.25) is 4.98 Å². The highest BCUT2D eigenvalue weighted by atomic mass is 32.1. The molecule has 80 valence electrons. The van der Waals surface area contributed by atoms with Gasteiger partial charge >= 0.3 is 0 Å². The molecule has 2 rings (SSSR count). The highest BCUT2D eigenvalue weighted by molar-refractivity contribution is 7.17. The maximum atomic E-state index is 4.75. The van der Waals surface area contributed by atoms with Crippen molar-refractivity contribution in [1.82, 2.24) is 4.98 Å². The lowest BCUT2D eigenvalue weighted by molar-refractivity contribution is 0.637. The van der Waals surface area contributed by atoms with Crippen LogP contribution >= 0.6 is 11.3 Å².